The molecule has 70 heavy (non-hydrogen) atoms. The van der Waals surface area contributed by atoms with Gasteiger partial charge in [-0.3, -0.25) is 12.2 Å². The molecule has 0 bridgehead atoms. The monoisotopic (exact) mass is 1100 g/mol. The van der Waals surface area contributed by atoms with E-state index in [4.69, 9.17) is 0 Å². The van der Waals surface area contributed by atoms with Gasteiger partial charge in [0, 0.05) is 0 Å². The zero-order chi connectivity index (χ0) is 47.2. The number of benzene rings is 8. The molecule has 0 saturated heterocycles. The molecule has 344 valence electrons. The zero-order valence-electron chi connectivity index (χ0n) is 39.8. The number of fused-ring (bicyclic) bond motifs is 6. The maximum Gasteiger partial charge on any atom is -0.0771 e. The SMILES string of the molecule is CCC1=[C-]CC=C1.CCC1=[C-]CC=C1.[Cl-].[Cl-].[Zr+2]=[C](c1ccccc1)c1ccccc1.[Zr+2]=[C](c1ccccc1)c1ccccc1.c1ccc2c(c1)[cH-]c1ccccc12.c1ccc2c(c1)[cH-]c1ccccc12. The Morgan fingerprint density at radius 3 is 0.786 bits per heavy atom. The molecule has 2 aliphatic rings. The number of allylic oxidation sites excluding steroid dienone is 8. The molecule has 0 saturated carbocycles. The number of rotatable bonds is 6. The van der Waals surface area contributed by atoms with Gasteiger partial charge in [-0.05, 0) is 0 Å². The van der Waals surface area contributed by atoms with Gasteiger partial charge in [0.1, 0.15) is 0 Å². The van der Waals surface area contributed by atoms with Crippen LogP contribution in [-0.4, -0.2) is 6.41 Å². The van der Waals surface area contributed by atoms with Crippen LogP contribution >= 0.6 is 0 Å². The van der Waals surface area contributed by atoms with Crippen molar-refractivity contribution in [3.63, 3.8) is 0 Å². The third-order valence-corrected chi connectivity index (χ3v) is 14.4. The van der Waals surface area contributed by atoms with Gasteiger partial charge in [0.25, 0.3) is 0 Å². The zero-order valence-corrected chi connectivity index (χ0v) is 46.3. The van der Waals surface area contributed by atoms with Gasteiger partial charge < -0.3 is 24.8 Å². The summed E-state index contributed by atoms with van der Waals surface area (Å²) in [5.74, 6) is 0. The Labute approximate surface area is 458 Å². The van der Waals surface area contributed by atoms with Crippen LogP contribution in [0.5, 0.6) is 0 Å². The molecule has 0 heterocycles. The van der Waals surface area contributed by atoms with Crippen molar-refractivity contribution in [2.45, 2.75) is 39.5 Å². The molecule has 0 fully saturated rings. The van der Waals surface area contributed by atoms with Gasteiger partial charge in [-0.1, -0.05) is 99.5 Å². The predicted molar refractivity (Wildman–Crippen MR) is 288 cm³/mol. The van der Waals surface area contributed by atoms with Crippen molar-refractivity contribution in [1.29, 1.82) is 0 Å². The smallest absolute Gasteiger partial charge is 0.0771 e. The summed E-state index contributed by atoms with van der Waals surface area (Å²) < 4.78 is 2.83. The van der Waals surface area contributed by atoms with Gasteiger partial charge in [-0.2, -0.15) is 12.2 Å². The maximum atomic E-state index is 3.21. The van der Waals surface area contributed by atoms with E-state index >= 15 is 0 Å². The van der Waals surface area contributed by atoms with E-state index in [1.807, 2.05) is 0 Å². The summed E-state index contributed by atoms with van der Waals surface area (Å²) in [4.78, 5) is 0. The van der Waals surface area contributed by atoms with Gasteiger partial charge in [-0.15, -0.1) is 92.3 Å². The third kappa shape index (κ3) is 16.3. The first-order chi connectivity index (χ1) is 33.5. The first-order valence-corrected chi connectivity index (χ1v) is 26.0. The summed E-state index contributed by atoms with van der Waals surface area (Å²) in [6.07, 6.45) is 19.3. The number of halogens is 2. The molecule has 0 aromatic heterocycles. The van der Waals surface area contributed by atoms with Crippen LogP contribution in [0.25, 0.3) is 43.1 Å². The molecule has 0 nitrogen and oxygen atoms in total. The Morgan fingerprint density at radius 2 is 0.586 bits per heavy atom. The van der Waals surface area contributed by atoms with Crippen LogP contribution in [0.15, 0.2) is 266 Å². The predicted octanol–water partition coefficient (Wildman–Crippen LogP) is 11.2. The quantitative estimate of drug-likeness (QED) is 0.146. The Kier molecular flexibility index (Phi) is 24.0. The molecule has 0 unspecified atom stereocenters. The maximum absolute atomic E-state index is 3.21. The van der Waals surface area contributed by atoms with Crippen molar-refractivity contribution in [2.75, 3.05) is 0 Å². The Hall–Kier alpha value is -5.45. The number of hydrogen-bond acceptors (Lipinski definition) is 0. The van der Waals surface area contributed by atoms with Crippen LogP contribution in [0.4, 0.5) is 0 Å². The van der Waals surface area contributed by atoms with Gasteiger partial charge >= 0.3 is 198 Å². The molecule has 0 spiro atoms. The molecule has 0 radical (unpaired) electrons. The summed E-state index contributed by atoms with van der Waals surface area (Å²) in [6, 6.07) is 80.8. The molecular weight excluding hydrogens is 1050 g/mol. The fourth-order valence-electron chi connectivity index (χ4n) is 7.95. The number of hydrogen-bond donors (Lipinski definition) is 0. The van der Waals surface area contributed by atoms with Crippen LogP contribution in [0.2, 0.25) is 0 Å². The van der Waals surface area contributed by atoms with E-state index in [9.17, 15) is 0 Å². The summed E-state index contributed by atoms with van der Waals surface area (Å²) in [5.41, 5.74) is 8.04. The van der Waals surface area contributed by atoms with Crippen molar-refractivity contribution >= 4 is 49.5 Å². The average Bonchev–Trinajstić information content (AvgIpc) is 4.28. The van der Waals surface area contributed by atoms with Gasteiger partial charge in [0.05, 0.1) is 0 Å². The molecule has 0 aliphatic heterocycles. The molecule has 10 aromatic carbocycles. The minimum atomic E-state index is 0. The van der Waals surface area contributed by atoms with Crippen LogP contribution in [-0.2, 0) is 48.5 Å². The largest absolute Gasteiger partial charge is 0.126 e. The Balaban J connectivity index is 0.000000158. The topological polar surface area (TPSA) is 0 Å². The fourth-order valence-corrected chi connectivity index (χ4v) is 9.58. The molecule has 0 amide bonds. The van der Waals surface area contributed by atoms with E-state index in [1.54, 1.807) is 0 Å². The third-order valence-electron chi connectivity index (χ3n) is 11.6. The van der Waals surface area contributed by atoms with Gasteiger partial charge in [-0.25, -0.2) is 23.3 Å². The van der Waals surface area contributed by atoms with E-state index in [-0.39, 0.29) is 24.8 Å². The molecule has 4 heteroatoms. The van der Waals surface area contributed by atoms with Crippen LogP contribution in [0, 0.1) is 12.2 Å². The van der Waals surface area contributed by atoms with E-state index in [0.29, 0.717) is 0 Å². The van der Waals surface area contributed by atoms with Crippen molar-refractivity contribution in [3.8, 4) is 0 Å². The second-order valence-corrected chi connectivity index (χ2v) is 18.6. The Bertz CT molecular complexity index is 2860. The first-order valence-electron chi connectivity index (χ1n) is 23.5. The normalized spacial score (nSPS) is 11.6. The van der Waals surface area contributed by atoms with Crippen LogP contribution < -0.4 is 24.8 Å². The minimum absolute atomic E-state index is 0. The second-order valence-electron chi connectivity index (χ2n) is 16.2. The summed E-state index contributed by atoms with van der Waals surface area (Å²) in [6.45, 7) is 4.30. The summed E-state index contributed by atoms with van der Waals surface area (Å²) in [7, 11) is 0. The summed E-state index contributed by atoms with van der Waals surface area (Å²) >= 11 is 2.92. The second kappa shape index (κ2) is 30.3. The first kappa shape index (κ1) is 55.5. The van der Waals surface area contributed by atoms with Crippen LogP contribution in [0.1, 0.15) is 61.8 Å². The molecular formula is C66H56Cl2Zr2-2. The van der Waals surface area contributed by atoms with Crippen molar-refractivity contribution in [2.24, 2.45) is 0 Å². The Morgan fingerprint density at radius 1 is 0.357 bits per heavy atom. The van der Waals surface area contributed by atoms with Crippen molar-refractivity contribution in [1.82, 2.24) is 0 Å². The molecule has 2 aliphatic carbocycles. The van der Waals surface area contributed by atoms with Crippen molar-refractivity contribution in [3.05, 3.63) is 300 Å². The molecule has 12 rings (SSSR count). The van der Waals surface area contributed by atoms with Gasteiger partial charge in [0.15, 0.2) is 0 Å². The van der Waals surface area contributed by atoms with Crippen LogP contribution in [0.3, 0.4) is 0 Å². The standard InChI is InChI=1S/2C13H9.2C13H10.2C7H9.2ClH.2Zr/c2*1-3-7-12-10(5-1)9-11-6-2-4-8-13(11)12;2*1-3-7-12(8-4-1)11-13-9-5-2-6-10-13;2*1-2-7-5-3-4-6-7;;;;/h2*1-9H;2*1-10H;2*3,5H,2,4H2,1H3;2*1H;;/q2*-1;;;2*-1;;;2*+2/p-2. The fraction of sp³-hybridized carbons (Fsp3) is 0.0909. The molecule has 0 N–H and O–H groups in total. The van der Waals surface area contributed by atoms with E-state index in [0.717, 1.165) is 25.7 Å². The molecule has 0 atom stereocenters. The molecule has 10 aromatic rings. The summed E-state index contributed by atoms with van der Waals surface area (Å²) in [5, 5.41) is 10.8. The van der Waals surface area contributed by atoms with E-state index in [2.05, 4.69) is 281 Å². The van der Waals surface area contributed by atoms with Gasteiger partial charge in [0.2, 0.25) is 0 Å². The van der Waals surface area contributed by atoms with E-state index < -0.39 is 0 Å². The van der Waals surface area contributed by atoms with E-state index in [1.165, 1.54) is 131 Å². The van der Waals surface area contributed by atoms with Crippen molar-refractivity contribution < 1.29 is 73.3 Å². The minimum Gasteiger partial charge on any atom is -0.126 e. The average molecular weight is 1100 g/mol.